The molecular weight excluding hydrogens is 499 g/mol. The lowest BCUT2D eigenvalue weighted by Gasteiger charge is -2.39. The second-order valence-electron chi connectivity index (χ2n) is 9.83. The molecule has 0 radical (unpaired) electrons. The van der Waals surface area contributed by atoms with E-state index in [2.05, 4.69) is 5.32 Å². The van der Waals surface area contributed by atoms with Gasteiger partial charge in [-0.1, -0.05) is 12.1 Å². The van der Waals surface area contributed by atoms with E-state index < -0.39 is 22.0 Å². The van der Waals surface area contributed by atoms with Crippen LogP contribution in [-0.2, 0) is 19.6 Å². The number of piperazine rings is 1. The summed E-state index contributed by atoms with van der Waals surface area (Å²) in [5, 5.41) is 2.74. The molecule has 3 aliphatic rings. The maximum absolute atomic E-state index is 14.2. The second kappa shape index (κ2) is 9.94. The van der Waals surface area contributed by atoms with Crippen LogP contribution in [0, 0.1) is 18.7 Å². The van der Waals surface area contributed by atoms with E-state index >= 15 is 0 Å². The van der Waals surface area contributed by atoms with Gasteiger partial charge in [-0.25, -0.2) is 12.8 Å². The predicted octanol–water partition coefficient (Wildman–Crippen LogP) is 2.60. The first-order chi connectivity index (χ1) is 17.6. The summed E-state index contributed by atoms with van der Waals surface area (Å²) in [5.41, 5.74) is 1.47. The quantitative estimate of drug-likeness (QED) is 0.653. The molecule has 2 fully saturated rings. The van der Waals surface area contributed by atoms with Gasteiger partial charge in [-0.15, -0.1) is 0 Å². The highest BCUT2D eigenvalue weighted by Gasteiger charge is 2.37. The largest absolute Gasteiger partial charge is 0.479 e. The van der Waals surface area contributed by atoms with Gasteiger partial charge in [-0.05, 0) is 50.5 Å². The monoisotopic (exact) mass is 530 g/mol. The Morgan fingerprint density at radius 3 is 2.57 bits per heavy atom. The molecule has 3 heterocycles. The molecule has 2 aromatic carbocycles. The molecule has 2 atom stereocenters. The SMILES string of the molecule is Cc1cc2c(cc1S(=O)(=O)N1CCC[C@@H](C(=O)N3CCN(c4ccccc4F)CC3)C1)O[C@H](C)C(=O)N2. The highest BCUT2D eigenvalue weighted by atomic mass is 32.2. The van der Waals surface area contributed by atoms with Crippen molar-refractivity contribution >= 4 is 33.2 Å². The Balaban J connectivity index is 1.27. The van der Waals surface area contributed by atoms with Crippen LogP contribution in [0.2, 0.25) is 0 Å². The summed E-state index contributed by atoms with van der Waals surface area (Å²) in [6.07, 6.45) is 0.480. The van der Waals surface area contributed by atoms with Crippen molar-refractivity contribution in [3.05, 3.63) is 47.8 Å². The lowest BCUT2D eigenvalue weighted by Crippen LogP contribution is -2.53. The minimum atomic E-state index is -3.88. The fraction of sp³-hybridized carbons (Fsp3) is 0.462. The fourth-order valence-electron chi connectivity index (χ4n) is 5.26. The van der Waals surface area contributed by atoms with E-state index in [1.165, 1.54) is 16.4 Å². The number of aryl methyl sites for hydroxylation is 1. The van der Waals surface area contributed by atoms with Gasteiger partial charge in [-0.3, -0.25) is 9.59 Å². The number of fused-ring (bicyclic) bond motifs is 1. The van der Waals surface area contributed by atoms with Crippen LogP contribution >= 0.6 is 0 Å². The summed E-state index contributed by atoms with van der Waals surface area (Å²) >= 11 is 0. The number of nitrogens with one attached hydrogen (secondary N) is 1. The van der Waals surface area contributed by atoms with Crippen molar-refractivity contribution in [1.29, 1.82) is 0 Å². The van der Waals surface area contributed by atoms with E-state index in [0.717, 1.165) is 0 Å². The minimum Gasteiger partial charge on any atom is -0.479 e. The average molecular weight is 531 g/mol. The summed E-state index contributed by atoms with van der Waals surface area (Å²) in [7, 11) is -3.88. The Kier molecular flexibility index (Phi) is 6.84. The summed E-state index contributed by atoms with van der Waals surface area (Å²) in [6, 6.07) is 9.67. The van der Waals surface area contributed by atoms with E-state index in [-0.39, 0.29) is 29.1 Å². The number of para-hydroxylation sites is 1. The molecule has 2 aromatic rings. The Morgan fingerprint density at radius 2 is 1.84 bits per heavy atom. The standard InChI is InChI=1S/C26H31FN4O5S/c1-17-14-21-23(36-18(2)25(32)28-21)15-24(17)37(34,35)31-9-5-6-19(16-31)26(33)30-12-10-29(11-13-30)22-8-4-3-7-20(22)27/h3-4,7-8,14-15,18-19H,5-6,9-13,16H2,1-2H3,(H,28,32)/t18-,19-/m1/s1. The number of rotatable bonds is 4. The number of anilines is 2. The van der Waals surface area contributed by atoms with Gasteiger partial charge in [0.1, 0.15) is 11.6 Å². The van der Waals surface area contributed by atoms with Gasteiger partial charge in [0.05, 0.1) is 22.2 Å². The average Bonchev–Trinajstić information content (AvgIpc) is 2.89. The Morgan fingerprint density at radius 1 is 1.11 bits per heavy atom. The van der Waals surface area contributed by atoms with E-state index in [4.69, 9.17) is 4.74 Å². The van der Waals surface area contributed by atoms with Gasteiger partial charge in [0, 0.05) is 45.3 Å². The molecule has 0 aromatic heterocycles. The van der Waals surface area contributed by atoms with Crippen LogP contribution in [0.5, 0.6) is 5.75 Å². The molecule has 1 N–H and O–H groups in total. The molecule has 2 amide bonds. The molecule has 0 saturated carbocycles. The van der Waals surface area contributed by atoms with Crippen molar-refractivity contribution in [3.8, 4) is 5.75 Å². The van der Waals surface area contributed by atoms with E-state index in [0.29, 0.717) is 68.3 Å². The number of carbonyl (C=O) groups is 2. The van der Waals surface area contributed by atoms with Crippen LogP contribution in [0.1, 0.15) is 25.3 Å². The van der Waals surface area contributed by atoms with Crippen LogP contribution in [-0.4, -0.2) is 74.8 Å². The fourth-order valence-corrected chi connectivity index (χ4v) is 7.00. The van der Waals surface area contributed by atoms with Gasteiger partial charge < -0.3 is 19.9 Å². The topological polar surface area (TPSA) is 99.3 Å². The molecule has 37 heavy (non-hydrogen) atoms. The van der Waals surface area contributed by atoms with E-state index in [9.17, 15) is 22.4 Å². The number of nitrogens with zero attached hydrogens (tertiary/aromatic N) is 3. The lowest BCUT2D eigenvalue weighted by atomic mass is 9.97. The van der Waals surface area contributed by atoms with Gasteiger partial charge in [0.2, 0.25) is 15.9 Å². The molecule has 9 nitrogen and oxygen atoms in total. The summed E-state index contributed by atoms with van der Waals surface area (Å²) in [4.78, 5) is 29.1. The molecule has 0 unspecified atom stereocenters. The number of carbonyl (C=O) groups excluding carboxylic acids is 2. The third-order valence-corrected chi connectivity index (χ3v) is 9.35. The summed E-state index contributed by atoms with van der Waals surface area (Å²) in [5.74, 6) is -0.745. The molecule has 0 aliphatic carbocycles. The normalized spacial score (nSPS) is 22.7. The van der Waals surface area contributed by atoms with Crippen molar-refractivity contribution in [2.24, 2.45) is 5.92 Å². The van der Waals surface area contributed by atoms with Crippen molar-refractivity contribution in [1.82, 2.24) is 9.21 Å². The molecule has 11 heteroatoms. The maximum atomic E-state index is 14.2. The highest BCUT2D eigenvalue weighted by molar-refractivity contribution is 7.89. The highest BCUT2D eigenvalue weighted by Crippen LogP contribution is 2.36. The zero-order chi connectivity index (χ0) is 26.3. The molecule has 0 bridgehead atoms. The first-order valence-electron chi connectivity index (χ1n) is 12.6. The number of hydrogen-bond acceptors (Lipinski definition) is 6. The Labute approximate surface area is 216 Å². The van der Waals surface area contributed by atoms with Crippen LogP contribution in [0.25, 0.3) is 0 Å². The third-order valence-electron chi connectivity index (χ3n) is 7.34. The van der Waals surface area contributed by atoms with Crippen LogP contribution in [0.4, 0.5) is 15.8 Å². The zero-order valence-electron chi connectivity index (χ0n) is 20.9. The van der Waals surface area contributed by atoms with Gasteiger partial charge in [-0.2, -0.15) is 4.31 Å². The second-order valence-corrected chi connectivity index (χ2v) is 11.7. The van der Waals surface area contributed by atoms with Gasteiger partial charge >= 0.3 is 0 Å². The van der Waals surface area contributed by atoms with Crippen LogP contribution < -0.4 is 15.0 Å². The summed E-state index contributed by atoms with van der Waals surface area (Å²) < 4.78 is 48.4. The van der Waals surface area contributed by atoms with E-state index in [1.54, 1.807) is 43.0 Å². The van der Waals surface area contributed by atoms with E-state index in [1.807, 2.05) is 4.90 Å². The molecular formula is C26H31FN4O5S. The first-order valence-corrected chi connectivity index (χ1v) is 14.0. The van der Waals surface area contributed by atoms with Gasteiger partial charge in [0.25, 0.3) is 5.91 Å². The van der Waals surface area contributed by atoms with Crippen molar-refractivity contribution < 1.29 is 27.1 Å². The van der Waals surface area contributed by atoms with Crippen molar-refractivity contribution in [2.45, 2.75) is 37.7 Å². The zero-order valence-corrected chi connectivity index (χ0v) is 21.8. The Bertz CT molecular complexity index is 1330. The predicted molar refractivity (Wildman–Crippen MR) is 137 cm³/mol. The van der Waals surface area contributed by atoms with Crippen molar-refractivity contribution in [3.63, 3.8) is 0 Å². The van der Waals surface area contributed by atoms with Crippen LogP contribution in [0.15, 0.2) is 41.3 Å². The molecule has 198 valence electrons. The number of benzene rings is 2. The molecule has 0 spiro atoms. The Hall–Kier alpha value is -3.18. The summed E-state index contributed by atoms with van der Waals surface area (Å²) in [6.45, 7) is 5.68. The molecule has 5 rings (SSSR count). The minimum absolute atomic E-state index is 0.0601. The molecule has 2 saturated heterocycles. The van der Waals surface area contributed by atoms with Crippen LogP contribution in [0.3, 0.4) is 0 Å². The molecule has 3 aliphatic heterocycles. The first kappa shape index (κ1) is 25.5. The van der Waals surface area contributed by atoms with Crippen molar-refractivity contribution in [2.75, 3.05) is 49.5 Å². The number of ether oxygens (including phenoxy) is 1. The third kappa shape index (κ3) is 4.89. The smallest absolute Gasteiger partial charge is 0.265 e. The maximum Gasteiger partial charge on any atom is 0.265 e. The number of halogens is 1. The number of sulfonamides is 1. The lowest BCUT2D eigenvalue weighted by molar-refractivity contribution is -0.137. The van der Waals surface area contributed by atoms with Gasteiger partial charge in [0.15, 0.2) is 6.10 Å². The number of piperidine rings is 1. The number of hydrogen-bond donors (Lipinski definition) is 1. The number of amides is 2.